The molecule has 2 aliphatic heterocycles. The van der Waals surface area contributed by atoms with Crippen LogP contribution in [0.1, 0.15) is 44.0 Å². The summed E-state index contributed by atoms with van der Waals surface area (Å²) in [5.41, 5.74) is 4.24. The second-order valence-electron chi connectivity index (χ2n) is 7.85. The van der Waals surface area contributed by atoms with E-state index in [1.54, 1.807) is 0 Å². The van der Waals surface area contributed by atoms with Crippen molar-refractivity contribution in [2.45, 2.75) is 48.8 Å². The van der Waals surface area contributed by atoms with Gasteiger partial charge in [0.2, 0.25) is 0 Å². The molecule has 0 saturated carbocycles. The van der Waals surface area contributed by atoms with Crippen LogP contribution in [0.3, 0.4) is 0 Å². The fourth-order valence-electron chi connectivity index (χ4n) is 3.29. The molecular formula is C21H29F3N6S4. The molecule has 0 amide bonds. The van der Waals surface area contributed by atoms with E-state index in [-0.39, 0.29) is 5.75 Å². The summed E-state index contributed by atoms with van der Waals surface area (Å²) < 4.78 is 53.5. The third-order valence-electron chi connectivity index (χ3n) is 4.96. The molecule has 0 saturated heterocycles. The summed E-state index contributed by atoms with van der Waals surface area (Å²) in [6.45, 7) is 5.98. The van der Waals surface area contributed by atoms with Crippen LogP contribution in [0, 0.1) is 0 Å². The highest BCUT2D eigenvalue weighted by atomic mass is 32.2. The number of hydrogen-bond acceptors (Lipinski definition) is 10. The van der Waals surface area contributed by atoms with Crippen molar-refractivity contribution in [2.75, 3.05) is 44.7 Å². The first kappa shape index (κ1) is 27.6. The van der Waals surface area contributed by atoms with Gasteiger partial charge in [-0.15, -0.1) is 23.5 Å². The molecule has 0 unspecified atom stereocenters. The average molecular weight is 551 g/mol. The van der Waals surface area contributed by atoms with Crippen molar-refractivity contribution in [3.05, 3.63) is 23.5 Å². The first-order valence-electron chi connectivity index (χ1n) is 11.1. The summed E-state index contributed by atoms with van der Waals surface area (Å²) in [7, 11) is 2.02. The Labute approximate surface area is 215 Å². The third kappa shape index (κ3) is 8.90. The van der Waals surface area contributed by atoms with Gasteiger partial charge in [-0.1, -0.05) is 19.1 Å². The molecule has 0 aliphatic carbocycles. The van der Waals surface area contributed by atoms with Gasteiger partial charge in [0.15, 0.2) is 0 Å². The van der Waals surface area contributed by atoms with E-state index in [0.717, 1.165) is 90.3 Å². The Morgan fingerprint density at radius 1 is 0.971 bits per heavy atom. The molecule has 2 aromatic rings. The Morgan fingerprint density at radius 3 is 2.21 bits per heavy atom. The highest BCUT2D eigenvalue weighted by Crippen LogP contribution is 2.31. The SMILES string of the molecule is CCCSc1nsnc1C1=CCCNC1.CN1CCC=C(c2nsnc2SCCC(F)(F)F)C1. The van der Waals surface area contributed by atoms with Crippen LogP contribution in [0.4, 0.5) is 13.2 Å². The van der Waals surface area contributed by atoms with Crippen molar-refractivity contribution < 1.29 is 13.2 Å². The molecule has 2 aliphatic rings. The fourth-order valence-corrected chi connectivity index (χ4v) is 6.56. The zero-order chi connectivity index (χ0) is 24.4. The monoisotopic (exact) mass is 550 g/mol. The number of nitrogens with zero attached hydrogens (tertiary/aromatic N) is 5. The van der Waals surface area contributed by atoms with Gasteiger partial charge in [-0.2, -0.15) is 30.7 Å². The lowest BCUT2D eigenvalue weighted by Gasteiger charge is -2.22. The number of nitrogens with one attached hydrogen (secondary N) is 1. The summed E-state index contributed by atoms with van der Waals surface area (Å²) in [5.74, 6) is 1.12. The minimum absolute atomic E-state index is 0.00890. The van der Waals surface area contributed by atoms with Gasteiger partial charge in [-0.25, -0.2) is 0 Å². The van der Waals surface area contributed by atoms with E-state index < -0.39 is 12.6 Å². The smallest absolute Gasteiger partial charge is 0.312 e. The molecule has 0 fully saturated rings. The molecule has 6 nitrogen and oxygen atoms in total. The molecule has 0 aromatic carbocycles. The van der Waals surface area contributed by atoms with Crippen LogP contribution in [0.5, 0.6) is 0 Å². The number of hydrogen-bond donors (Lipinski definition) is 1. The van der Waals surface area contributed by atoms with E-state index in [4.69, 9.17) is 0 Å². The number of rotatable bonds is 8. The van der Waals surface area contributed by atoms with Crippen molar-refractivity contribution in [1.82, 2.24) is 27.7 Å². The maximum Gasteiger partial charge on any atom is 0.389 e. The van der Waals surface area contributed by atoms with E-state index in [9.17, 15) is 13.2 Å². The first-order chi connectivity index (χ1) is 16.4. The Hall–Kier alpha value is -0.990. The summed E-state index contributed by atoms with van der Waals surface area (Å²) in [6, 6.07) is 0. The molecule has 2 aromatic heterocycles. The summed E-state index contributed by atoms with van der Waals surface area (Å²) in [4.78, 5) is 2.17. The zero-order valence-electron chi connectivity index (χ0n) is 19.2. The molecule has 0 atom stereocenters. The first-order valence-corrected chi connectivity index (χ1v) is 14.6. The molecular weight excluding hydrogens is 522 g/mol. The molecule has 13 heteroatoms. The quantitative estimate of drug-likeness (QED) is 0.419. The van der Waals surface area contributed by atoms with Crippen LogP contribution in [-0.4, -0.2) is 73.3 Å². The standard InChI is InChI=1S/C11H14F3N3S2.C10H15N3S2/c1-17-5-2-3-8(7-17)9-10(16-19-15-9)18-6-4-11(12,13)14;1-2-6-14-10-9(12-15-13-10)8-4-3-5-11-7-8/h3H,2,4-7H2,1H3;4,11H,2-3,5-7H2,1H3. The van der Waals surface area contributed by atoms with Gasteiger partial charge in [-0.05, 0) is 49.8 Å². The van der Waals surface area contributed by atoms with Crippen LogP contribution < -0.4 is 5.32 Å². The molecule has 0 spiro atoms. The maximum atomic E-state index is 12.1. The van der Waals surface area contributed by atoms with Gasteiger partial charge in [0.1, 0.15) is 21.4 Å². The molecule has 4 rings (SSSR count). The van der Waals surface area contributed by atoms with Crippen LogP contribution in [-0.2, 0) is 0 Å². The Kier molecular flexibility index (Phi) is 11.3. The molecule has 4 heterocycles. The van der Waals surface area contributed by atoms with Gasteiger partial charge in [0.05, 0.1) is 29.9 Å². The number of alkyl halides is 3. The van der Waals surface area contributed by atoms with Crippen molar-refractivity contribution in [3.63, 3.8) is 0 Å². The van der Waals surface area contributed by atoms with Gasteiger partial charge < -0.3 is 10.2 Å². The molecule has 1 N–H and O–H groups in total. The van der Waals surface area contributed by atoms with Crippen molar-refractivity contribution >= 4 is 58.1 Å². The topological polar surface area (TPSA) is 66.8 Å². The molecule has 0 radical (unpaired) electrons. The second kappa shape index (κ2) is 13.9. The average Bonchev–Trinajstić information content (AvgIpc) is 3.47. The highest BCUT2D eigenvalue weighted by Gasteiger charge is 2.27. The van der Waals surface area contributed by atoms with E-state index >= 15 is 0 Å². The van der Waals surface area contributed by atoms with Crippen LogP contribution in [0.25, 0.3) is 11.1 Å². The van der Waals surface area contributed by atoms with Crippen molar-refractivity contribution in [3.8, 4) is 0 Å². The Balaban J connectivity index is 0.000000196. The number of halogens is 3. The maximum absolute atomic E-state index is 12.1. The predicted octanol–water partition coefficient (Wildman–Crippen LogP) is 5.72. The second-order valence-corrected chi connectivity index (χ2v) is 11.1. The molecule has 188 valence electrons. The van der Waals surface area contributed by atoms with E-state index in [2.05, 4.69) is 46.8 Å². The van der Waals surface area contributed by atoms with E-state index in [1.165, 1.54) is 23.7 Å². The largest absolute Gasteiger partial charge is 0.389 e. The van der Waals surface area contributed by atoms with E-state index in [1.807, 2.05) is 18.8 Å². The Morgan fingerprint density at radius 2 is 1.62 bits per heavy atom. The number of thioether (sulfide) groups is 2. The van der Waals surface area contributed by atoms with Crippen molar-refractivity contribution in [1.29, 1.82) is 0 Å². The van der Waals surface area contributed by atoms with Crippen molar-refractivity contribution in [2.24, 2.45) is 0 Å². The summed E-state index contributed by atoms with van der Waals surface area (Å²) >= 11 is 5.33. The normalized spacial score (nSPS) is 17.1. The van der Waals surface area contributed by atoms with Gasteiger partial charge in [-0.3, -0.25) is 0 Å². The summed E-state index contributed by atoms with van der Waals surface area (Å²) in [6.07, 6.45) is 2.70. The zero-order valence-corrected chi connectivity index (χ0v) is 22.5. The lowest BCUT2D eigenvalue weighted by molar-refractivity contribution is -0.129. The minimum Gasteiger partial charge on any atom is -0.312 e. The predicted molar refractivity (Wildman–Crippen MR) is 138 cm³/mol. The third-order valence-corrected chi connectivity index (χ3v) is 8.39. The van der Waals surface area contributed by atoms with Crippen LogP contribution >= 0.6 is 47.0 Å². The Bertz CT molecular complexity index is 956. The van der Waals surface area contributed by atoms with Crippen LogP contribution in [0.15, 0.2) is 22.2 Å². The number of aromatic nitrogens is 4. The highest BCUT2D eigenvalue weighted by molar-refractivity contribution is 7.99. The van der Waals surface area contributed by atoms with Gasteiger partial charge in [0, 0.05) is 25.4 Å². The lowest BCUT2D eigenvalue weighted by atomic mass is 10.1. The van der Waals surface area contributed by atoms with E-state index in [0.29, 0.717) is 5.03 Å². The number of likely N-dealkylation sites (N-methyl/N-ethyl adjacent to an activating group) is 1. The minimum atomic E-state index is -4.11. The van der Waals surface area contributed by atoms with Gasteiger partial charge in [0.25, 0.3) is 0 Å². The van der Waals surface area contributed by atoms with Crippen LogP contribution in [0.2, 0.25) is 0 Å². The fraction of sp³-hybridized carbons (Fsp3) is 0.619. The molecule has 34 heavy (non-hydrogen) atoms. The summed E-state index contributed by atoms with van der Waals surface area (Å²) in [5, 5.41) is 5.09. The van der Waals surface area contributed by atoms with Gasteiger partial charge >= 0.3 is 6.18 Å². The molecule has 0 bridgehead atoms. The lowest BCUT2D eigenvalue weighted by Crippen LogP contribution is -2.25.